The fourth-order valence-corrected chi connectivity index (χ4v) is 2.81. The van der Waals surface area contributed by atoms with Gasteiger partial charge in [-0.1, -0.05) is 0 Å². The standard InChI is InChI=1S/C15H18N2O4/c1-2-20-11-4-3-10(7-9(11)8-16)17-14(18)12-5-6-13(21-12)15(17)19/h3-4,7,12-13H,2,5-6,8,16H2,1H3. The minimum atomic E-state index is -0.499. The Morgan fingerprint density at radius 2 is 1.95 bits per heavy atom. The van der Waals surface area contributed by atoms with Gasteiger partial charge in [-0.2, -0.15) is 0 Å². The van der Waals surface area contributed by atoms with Gasteiger partial charge in [0.25, 0.3) is 11.8 Å². The van der Waals surface area contributed by atoms with Crippen LogP contribution >= 0.6 is 0 Å². The van der Waals surface area contributed by atoms with Crippen LogP contribution in [0.25, 0.3) is 0 Å². The first kappa shape index (κ1) is 14.0. The lowest BCUT2D eigenvalue weighted by molar-refractivity contribution is -0.146. The van der Waals surface area contributed by atoms with Crippen molar-refractivity contribution in [1.29, 1.82) is 0 Å². The Kier molecular flexibility index (Phi) is 3.65. The minimum Gasteiger partial charge on any atom is -0.494 e. The Hall–Kier alpha value is -1.92. The van der Waals surface area contributed by atoms with Gasteiger partial charge in [-0.3, -0.25) is 9.59 Å². The molecule has 2 saturated heterocycles. The van der Waals surface area contributed by atoms with Gasteiger partial charge in [-0.25, -0.2) is 4.90 Å². The first-order chi connectivity index (χ1) is 10.2. The highest BCUT2D eigenvalue weighted by molar-refractivity contribution is 6.19. The summed E-state index contributed by atoms with van der Waals surface area (Å²) in [5.41, 5.74) is 7.03. The lowest BCUT2D eigenvalue weighted by atomic mass is 10.1. The van der Waals surface area contributed by atoms with Crippen molar-refractivity contribution < 1.29 is 19.1 Å². The number of amides is 2. The maximum atomic E-state index is 12.3. The molecule has 2 aliphatic heterocycles. The van der Waals surface area contributed by atoms with E-state index in [1.54, 1.807) is 18.2 Å². The predicted molar refractivity (Wildman–Crippen MR) is 75.9 cm³/mol. The van der Waals surface area contributed by atoms with Gasteiger partial charge in [0, 0.05) is 12.1 Å². The monoisotopic (exact) mass is 290 g/mol. The molecule has 21 heavy (non-hydrogen) atoms. The lowest BCUT2D eigenvalue weighted by Crippen LogP contribution is -2.52. The molecule has 0 aliphatic carbocycles. The highest BCUT2D eigenvalue weighted by atomic mass is 16.5. The van der Waals surface area contributed by atoms with E-state index < -0.39 is 12.2 Å². The SMILES string of the molecule is CCOc1ccc(N2C(=O)C3CCC(O3)C2=O)cc1CN. The molecule has 2 amide bonds. The molecule has 112 valence electrons. The summed E-state index contributed by atoms with van der Waals surface area (Å²) >= 11 is 0. The number of fused-ring (bicyclic) bond motifs is 2. The molecule has 2 aliphatic rings. The quantitative estimate of drug-likeness (QED) is 0.835. The van der Waals surface area contributed by atoms with Crippen LogP contribution in [0.4, 0.5) is 5.69 Å². The molecular formula is C15H18N2O4. The molecule has 1 aromatic rings. The number of rotatable bonds is 4. The maximum absolute atomic E-state index is 12.3. The second kappa shape index (κ2) is 5.46. The van der Waals surface area contributed by atoms with Crippen LogP contribution in [0.2, 0.25) is 0 Å². The summed E-state index contributed by atoms with van der Waals surface area (Å²) in [5.74, 6) is 0.0987. The molecule has 0 aromatic heterocycles. The van der Waals surface area contributed by atoms with Crippen molar-refractivity contribution in [2.75, 3.05) is 11.5 Å². The van der Waals surface area contributed by atoms with Crippen molar-refractivity contribution >= 4 is 17.5 Å². The van der Waals surface area contributed by atoms with E-state index in [0.717, 1.165) is 5.56 Å². The Balaban J connectivity index is 1.96. The summed E-state index contributed by atoms with van der Waals surface area (Å²) in [6.45, 7) is 2.70. The van der Waals surface area contributed by atoms with E-state index in [1.165, 1.54) is 4.90 Å². The van der Waals surface area contributed by atoms with Crippen LogP contribution in [0.15, 0.2) is 18.2 Å². The van der Waals surface area contributed by atoms with Crippen molar-refractivity contribution in [2.45, 2.75) is 38.5 Å². The topological polar surface area (TPSA) is 81.9 Å². The number of nitrogens with two attached hydrogens (primary N) is 1. The van der Waals surface area contributed by atoms with Gasteiger partial charge in [0.05, 0.1) is 12.3 Å². The predicted octanol–water partition coefficient (Wildman–Crippen LogP) is 0.965. The molecule has 0 spiro atoms. The van der Waals surface area contributed by atoms with Gasteiger partial charge >= 0.3 is 0 Å². The van der Waals surface area contributed by atoms with Gasteiger partial charge in [0.15, 0.2) is 0 Å². The average Bonchev–Trinajstić information content (AvgIpc) is 2.94. The third kappa shape index (κ3) is 2.30. The second-order valence-electron chi connectivity index (χ2n) is 5.13. The number of morpholine rings is 1. The zero-order valence-corrected chi connectivity index (χ0v) is 11.9. The van der Waals surface area contributed by atoms with Gasteiger partial charge in [-0.05, 0) is 38.0 Å². The summed E-state index contributed by atoms with van der Waals surface area (Å²) in [6.07, 6.45) is 0.208. The maximum Gasteiger partial charge on any atom is 0.262 e. The van der Waals surface area contributed by atoms with Crippen molar-refractivity contribution in [3.05, 3.63) is 23.8 Å². The molecule has 2 unspecified atom stereocenters. The third-order valence-electron chi connectivity index (χ3n) is 3.83. The second-order valence-corrected chi connectivity index (χ2v) is 5.13. The van der Waals surface area contributed by atoms with Crippen molar-refractivity contribution in [1.82, 2.24) is 0 Å². The first-order valence-corrected chi connectivity index (χ1v) is 7.14. The van der Waals surface area contributed by atoms with Crippen LogP contribution in [0, 0.1) is 0 Å². The Bertz CT molecular complexity index is 565. The summed E-state index contributed by atoms with van der Waals surface area (Å²) in [7, 11) is 0. The van der Waals surface area contributed by atoms with E-state index in [9.17, 15) is 9.59 Å². The molecule has 2 N–H and O–H groups in total. The Labute approximate surface area is 122 Å². The van der Waals surface area contributed by atoms with E-state index in [2.05, 4.69) is 0 Å². The number of ether oxygens (including phenoxy) is 2. The van der Waals surface area contributed by atoms with Crippen molar-refractivity contribution in [3.63, 3.8) is 0 Å². The van der Waals surface area contributed by atoms with Crippen LogP contribution < -0.4 is 15.4 Å². The average molecular weight is 290 g/mol. The number of imide groups is 1. The highest BCUT2D eigenvalue weighted by Gasteiger charge is 2.47. The molecule has 6 nitrogen and oxygen atoms in total. The Morgan fingerprint density at radius 1 is 1.29 bits per heavy atom. The van der Waals surface area contributed by atoms with Gasteiger partial charge < -0.3 is 15.2 Å². The smallest absolute Gasteiger partial charge is 0.262 e. The molecule has 1 aromatic carbocycles. The highest BCUT2D eigenvalue weighted by Crippen LogP contribution is 2.33. The van der Waals surface area contributed by atoms with E-state index in [4.69, 9.17) is 15.2 Å². The lowest BCUT2D eigenvalue weighted by Gasteiger charge is -2.30. The molecular weight excluding hydrogens is 272 g/mol. The summed E-state index contributed by atoms with van der Waals surface area (Å²) in [4.78, 5) is 25.9. The molecule has 2 atom stereocenters. The van der Waals surface area contributed by atoms with Crippen LogP contribution in [0.1, 0.15) is 25.3 Å². The Morgan fingerprint density at radius 3 is 2.52 bits per heavy atom. The van der Waals surface area contributed by atoms with Crippen LogP contribution in [0.3, 0.4) is 0 Å². The van der Waals surface area contributed by atoms with E-state index in [-0.39, 0.29) is 18.4 Å². The molecule has 6 heteroatoms. The molecule has 2 heterocycles. The van der Waals surface area contributed by atoms with E-state index in [0.29, 0.717) is 30.9 Å². The number of hydrogen-bond acceptors (Lipinski definition) is 5. The zero-order valence-electron chi connectivity index (χ0n) is 11.9. The number of hydrogen-bond donors (Lipinski definition) is 1. The van der Waals surface area contributed by atoms with Gasteiger partial charge in [0.1, 0.15) is 18.0 Å². The summed E-state index contributed by atoms with van der Waals surface area (Å²) in [5, 5.41) is 0. The van der Waals surface area contributed by atoms with Crippen molar-refractivity contribution in [2.24, 2.45) is 5.73 Å². The van der Waals surface area contributed by atoms with Crippen molar-refractivity contribution in [3.8, 4) is 5.75 Å². The molecule has 0 saturated carbocycles. The number of carbonyl (C=O) groups excluding carboxylic acids is 2. The van der Waals surface area contributed by atoms with Crippen LogP contribution in [-0.2, 0) is 20.9 Å². The minimum absolute atomic E-state index is 0.281. The number of nitrogens with zero attached hydrogens (tertiary/aromatic N) is 1. The number of carbonyl (C=O) groups is 2. The largest absolute Gasteiger partial charge is 0.494 e. The van der Waals surface area contributed by atoms with Gasteiger partial charge in [0.2, 0.25) is 0 Å². The summed E-state index contributed by atoms with van der Waals surface area (Å²) < 4.78 is 10.9. The van der Waals surface area contributed by atoms with E-state index >= 15 is 0 Å². The van der Waals surface area contributed by atoms with Crippen LogP contribution in [0.5, 0.6) is 5.75 Å². The zero-order chi connectivity index (χ0) is 15.0. The summed E-state index contributed by atoms with van der Waals surface area (Å²) in [6, 6.07) is 5.20. The number of benzene rings is 1. The fraction of sp³-hybridized carbons (Fsp3) is 0.467. The first-order valence-electron chi connectivity index (χ1n) is 7.14. The number of anilines is 1. The third-order valence-corrected chi connectivity index (χ3v) is 3.83. The van der Waals surface area contributed by atoms with Crippen LogP contribution in [-0.4, -0.2) is 30.6 Å². The fourth-order valence-electron chi connectivity index (χ4n) is 2.81. The van der Waals surface area contributed by atoms with Gasteiger partial charge in [-0.15, -0.1) is 0 Å². The molecule has 0 radical (unpaired) electrons. The van der Waals surface area contributed by atoms with E-state index in [1.807, 2.05) is 6.92 Å². The normalized spacial score (nSPS) is 24.6. The molecule has 2 bridgehead atoms. The molecule has 3 rings (SSSR count). The molecule has 2 fully saturated rings.